The van der Waals surface area contributed by atoms with Crippen LogP contribution in [0.2, 0.25) is 0 Å². The molecule has 0 spiro atoms. The molecule has 0 atom stereocenters. The first-order chi connectivity index (χ1) is 10.1. The standard InChI is InChI=1S/C16H20N2O3/c1-3-21-16(19)14-9-12(2)18(15(14)17)11-20-10-13-7-5-4-6-8-13/h4-9H,3,10-11,17H2,1-2H3. The monoisotopic (exact) mass is 288 g/mol. The van der Waals surface area contributed by atoms with E-state index in [1.54, 1.807) is 17.6 Å². The summed E-state index contributed by atoms with van der Waals surface area (Å²) < 4.78 is 12.4. The Balaban J connectivity index is 2.02. The molecule has 0 bridgehead atoms. The Morgan fingerprint density at radius 2 is 2.00 bits per heavy atom. The van der Waals surface area contributed by atoms with Gasteiger partial charge in [0.15, 0.2) is 0 Å². The van der Waals surface area contributed by atoms with Crippen LogP contribution in [0.25, 0.3) is 0 Å². The number of nitrogens with two attached hydrogens (primary N) is 1. The van der Waals surface area contributed by atoms with Gasteiger partial charge in [-0.15, -0.1) is 0 Å². The molecule has 0 saturated heterocycles. The molecule has 1 heterocycles. The number of carbonyl (C=O) groups excluding carboxylic acids is 1. The zero-order valence-corrected chi connectivity index (χ0v) is 12.3. The highest BCUT2D eigenvalue weighted by Gasteiger charge is 2.17. The van der Waals surface area contributed by atoms with Crippen LogP contribution in [0.3, 0.4) is 0 Å². The van der Waals surface area contributed by atoms with Crippen molar-refractivity contribution in [1.82, 2.24) is 4.57 Å². The molecule has 0 radical (unpaired) electrons. The number of ether oxygens (including phenoxy) is 2. The first kappa shape index (κ1) is 15.1. The van der Waals surface area contributed by atoms with Gasteiger partial charge >= 0.3 is 5.97 Å². The molecular weight excluding hydrogens is 268 g/mol. The van der Waals surface area contributed by atoms with Crippen LogP contribution in [0.5, 0.6) is 0 Å². The lowest BCUT2D eigenvalue weighted by Crippen LogP contribution is -2.11. The van der Waals surface area contributed by atoms with Gasteiger partial charge in [0.05, 0.1) is 13.2 Å². The van der Waals surface area contributed by atoms with Crippen LogP contribution in [0.4, 0.5) is 5.82 Å². The van der Waals surface area contributed by atoms with Crippen LogP contribution in [0, 0.1) is 6.92 Å². The summed E-state index contributed by atoms with van der Waals surface area (Å²) in [6.45, 7) is 4.76. The van der Waals surface area contributed by atoms with E-state index in [1.165, 1.54) is 0 Å². The number of carbonyl (C=O) groups is 1. The topological polar surface area (TPSA) is 66.5 Å². The third-order valence-corrected chi connectivity index (χ3v) is 3.17. The molecule has 0 aliphatic heterocycles. The Hall–Kier alpha value is -2.27. The van der Waals surface area contributed by atoms with E-state index in [0.717, 1.165) is 11.3 Å². The maximum absolute atomic E-state index is 11.8. The van der Waals surface area contributed by atoms with Gasteiger partial charge in [-0.25, -0.2) is 4.79 Å². The number of aromatic nitrogens is 1. The summed E-state index contributed by atoms with van der Waals surface area (Å²) >= 11 is 0. The molecule has 0 amide bonds. The third-order valence-electron chi connectivity index (χ3n) is 3.17. The number of esters is 1. The second-order valence-corrected chi connectivity index (χ2v) is 4.70. The molecule has 2 rings (SSSR count). The number of benzene rings is 1. The van der Waals surface area contributed by atoms with Crippen molar-refractivity contribution in [3.63, 3.8) is 0 Å². The summed E-state index contributed by atoms with van der Waals surface area (Å²) in [4.78, 5) is 11.8. The van der Waals surface area contributed by atoms with Crippen LogP contribution in [-0.2, 0) is 22.8 Å². The van der Waals surface area contributed by atoms with Gasteiger partial charge in [-0.1, -0.05) is 30.3 Å². The third kappa shape index (κ3) is 3.64. The van der Waals surface area contributed by atoms with E-state index in [1.807, 2.05) is 37.3 Å². The average molecular weight is 288 g/mol. The Bertz CT molecular complexity index is 605. The van der Waals surface area contributed by atoms with Crippen molar-refractivity contribution >= 4 is 11.8 Å². The minimum Gasteiger partial charge on any atom is -0.462 e. The average Bonchev–Trinajstić information content (AvgIpc) is 2.76. The zero-order valence-electron chi connectivity index (χ0n) is 12.3. The first-order valence-corrected chi connectivity index (χ1v) is 6.88. The molecule has 21 heavy (non-hydrogen) atoms. The molecule has 0 unspecified atom stereocenters. The van der Waals surface area contributed by atoms with Gasteiger partial charge in [-0.3, -0.25) is 0 Å². The van der Waals surface area contributed by atoms with Crippen molar-refractivity contribution < 1.29 is 14.3 Å². The summed E-state index contributed by atoms with van der Waals surface area (Å²) in [6.07, 6.45) is 0. The lowest BCUT2D eigenvalue weighted by Gasteiger charge is -2.10. The van der Waals surface area contributed by atoms with E-state index in [4.69, 9.17) is 15.2 Å². The fourth-order valence-corrected chi connectivity index (χ4v) is 2.07. The van der Waals surface area contributed by atoms with E-state index < -0.39 is 5.97 Å². The summed E-state index contributed by atoms with van der Waals surface area (Å²) in [5.74, 6) is -0.0288. The van der Waals surface area contributed by atoms with Crippen molar-refractivity contribution in [1.29, 1.82) is 0 Å². The SMILES string of the molecule is CCOC(=O)c1cc(C)n(COCc2ccccc2)c1N. The smallest absolute Gasteiger partial charge is 0.341 e. The Labute approximate surface area is 124 Å². The van der Waals surface area contributed by atoms with Crippen molar-refractivity contribution in [2.45, 2.75) is 27.2 Å². The Morgan fingerprint density at radius 3 is 2.67 bits per heavy atom. The molecule has 5 nitrogen and oxygen atoms in total. The molecular formula is C16H20N2O3. The molecule has 2 aromatic rings. The largest absolute Gasteiger partial charge is 0.462 e. The molecule has 5 heteroatoms. The predicted molar refractivity (Wildman–Crippen MR) is 80.8 cm³/mol. The van der Waals surface area contributed by atoms with Crippen molar-refractivity contribution in [2.24, 2.45) is 0 Å². The van der Waals surface area contributed by atoms with Crippen molar-refractivity contribution in [2.75, 3.05) is 12.3 Å². The number of rotatable bonds is 6. The highest BCUT2D eigenvalue weighted by Crippen LogP contribution is 2.19. The lowest BCUT2D eigenvalue weighted by molar-refractivity contribution is 0.0525. The fourth-order valence-electron chi connectivity index (χ4n) is 2.07. The summed E-state index contributed by atoms with van der Waals surface area (Å²) in [5, 5.41) is 0. The highest BCUT2D eigenvalue weighted by molar-refractivity contribution is 5.94. The number of nitrogen functional groups attached to an aromatic ring is 1. The van der Waals surface area contributed by atoms with Crippen LogP contribution >= 0.6 is 0 Å². The fraction of sp³-hybridized carbons (Fsp3) is 0.312. The van der Waals surface area contributed by atoms with Gasteiger partial charge in [0, 0.05) is 5.69 Å². The maximum Gasteiger partial charge on any atom is 0.341 e. The minimum atomic E-state index is -0.403. The van der Waals surface area contributed by atoms with Gasteiger partial charge in [0.1, 0.15) is 18.1 Å². The van der Waals surface area contributed by atoms with Gasteiger partial charge in [-0.05, 0) is 25.5 Å². The van der Waals surface area contributed by atoms with Gasteiger partial charge in [0.25, 0.3) is 0 Å². The van der Waals surface area contributed by atoms with Crippen molar-refractivity contribution in [3.05, 3.63) is 53.2 Å². The molecule has 2 N–H and O–H groups in total. The number of anilines is 1. The van der Waals surface area contributed by atoms with Gasteiger partial charge in [-0.2, -0.15) is 0 Å². The number of hydrogen-bond acceptors (Lipinski definition) is 4. The second kappa shape index (κ2) is 6.95. The lowest BCUT2D eigenvalue weighted by atomic mass is 10.2. The summed E-state index contributed by atoms with van der Waals surface area (Å²) in [5.41, 5.74) is 8.34. The van der Waals surface area contributed by atoms with Gasteiger partial charge in [0.2, 0.25) is 0 Å². The van der Waals surface area contributed by atoms with Crippen LogP contribution < -0.4 is 5.73 Å². The Morgan fingerprint density at radius 1 is 1.29 bits per heavy atom. The number of hydrogen-bond donors (Lipinski definition) is 1. The Kier molecular flexibility index (Phi) is 5.00. The second-order valence-electron chi connectivity index (χ2n) is 4.70. The number of aryl methyl sites for hydroxylation is 1. The van der Waals surface area contributed by atoms with E-state index >= 15 is 0 Å². The molecule has 0 saturated carbocycles. The molecule has 1 aromatic heterocycles. The zero-order chi connectivity index (χ0) is 15.2. The van der Waals surface area contributed by atoms with E-state index in [-0.39, 0.29) is 0 Å². The van der Waals surface area contributed by atoms with E-state index in [0.29, 0.717) is 31.3 Å². The maximum atomic E-state index is 11.8. The quantitative estimate of drug-likeness (QED) is 0.830. The van der Waals surface area contributed by atoms with E-state index in [2.05, 4.69) is 0 Å². The minimum absolute atomic E-state index is 0.298. The predicted octanol–water partition coefficient (Wildman–Crippen LogP) is 2.73. The molecule has 1 aromatic carbocycles. The highest BCUT2D eigenvalue weighted by atomic mass is 16.5. The summed E-state index contributed by atoms with van der Waals surface area (Å²) in [7, 11) is 0. The molecule has 0 aliphatic carbocycles. The van der Waals surface area contributed by atoms with Crippen LogP contribution in [-0.4, -0.2) is 17.1 Å². The molecule has 0 aliphatic rings. The first-order valence-electron chi connectivity index (χ1n) is 6.88. The van der Waals surface area contributed by atoms with Crippen LogP contribution in [0.15, 0.2) is 36.4 Å². The molecule has 112 valence electrons. The summed E-state index contributed by atoms with van der Waals surface area (Å²) in [6, 6.07) is 11.6. The van der Waals surface area contributed by atoms with E-state index in [9.17, 15) is 4.79 Å². The van der Waals surface area contributed by atoms with Crippen LogP contribution in [0.1, 0.15) is 28.5 Å². The number of nitrogens with zero attached hydrogens (tertiary/aromatic N) is 1. The molecule has 0 fully saturated rings. The van der Waals surface area contributed by atoms with Crippen molar-refractivity contribution in [3.8, 4) is 0 Å². The normalized spacial score (nSPS) is 10.6. The van der Waals surface area contributed by atoms with Gasteiger partial charge < -0.3 is 19.8 Å².